The van der Waals surface area contributed by atoms with E-state index < -0.39 is 11.9 Å². The molecule has 0 heterocycles. The number of rotatable bonds is 2. The van der Waals surface area contributed by atoms with Crippen molar-refractivity contribution in [3.05, 3.63) is 70.8 Å². The molecule has 0 atom stereocenters. The van der Waals surface area contributed by atoms with Crippen LogP contribution in [0.4, 0.5) is 0 Å². The molecule has 0 aliphatic carbocycles. The molecule has 0 aromatic heterocycles. The number of hydrogen-bond acceptors (Lipinski definition) is 4. The van der Waals surface area contributed by atoms with Crippen LogP contribution in [0.25, 0.3) is 0 Å². The highest BCUT2D eigenvalue weighted by Crippen LogP contribution is 2.14. The summed E-state index contributed by atoms with van der Waals surface area (Å²) in [7, 11) is 2.51. The van der Waals surface area contributed by atoms with Crippen LogP contribution in [-0.4, -0.2) is 26.2 Å². The summed E-state index contributed by atoms with van der Waals surface area (Å²) < 4.78 is 9.35. The second-order valence-electron chi connectivity index (χ2n) is 4.36. The molecule has 4 nitrogen and oxygen atoms in total. The van der Waals surface area contributed by atoms with Gasteiger partial charge in [-0.2, -0.15) is 0 Å². The lowest BCUT2D eigenvalue weighted by Crippen LogP contribution is -2.12. The molecule has 0 aliphatic heterocycles. The Morgan fingerprint density at radius 1 is 0.773 bits per heavy atom. The van der Waals surface area contributed by atoms with Crippen molar-refractivity contribution >= 4 is 11.9 Å². The fourth-order valence-electron chi connectivity index (χ4n) is 1.85. The Morgan fingerprint density at radius 2 is 1.36 bits per heavy atom. The fourth-order valence-corrected chi connectivity index (χ4v) is 1.85. The van der Waals surface area contributed by atoms with Gasteiger partial charge in [0.15, 0.2) is 0 Å². The van der Waals surface area contributed by atoms with Crippen molar-refractivity contribution in [2.45, 2.75) is 0 Å². The molecule has 0 N–H and O–H groups in total. The van der Waals surface area contributed by atoms with Crippen LogP contribution in [-0.2, 0) is 9.47 Å². The summed E-state index contributed by atoms with van der Waals surface area (Å²) in [6.07, 6.45) is 0. The van der Waals surface area contributed by atoms with Gasteiger partial charge in [0.1, 0.15) is 0 Å². The summed E-state index contributed by atoms with van der Waals surface area (Å²) in [5.41, 5.74) is 1.75. The molecule has 0 bridgehead atoms. The maximum Gasteiger partial charge on any atom is 0.338 e. The van der Waals surface area contributed by atoms with Crippen molar-refractivity contribution in [3.8, 4) is 11.8 Å². The average Bonchev–Trinajstić information content (AvgIpc) is 2.59. The quantitative estimate of drug-likeness (QED) is 0.631. The first-order chi connectivity index (χ1) is 10.7. The molecule has 0 spiro atoms. The van der Waals surface area contributed by atoms with Crippen LogP contribution in [0.2, 0.25) is 0 Å². The Labute approximate surface area is 128 Å². The molecule has 0 saturated heterocycles. The first-order valence-corrected chi connectivity index (χ1v) is 6.53. The van der Waals surface area contributed by atoms with Crippen LogP contribution in [0.1, 0.15) is 31.8 Å². The van der Waals surface area contributed by atoms with E-state index >= 15 is 0 Å². The van der Waals surface area contributed by atoms with Crippen molar-refractivity contribution in [3.63, 3.8) is 0 Å². The lowest BCUT2D eigenvalue weighted by molar-refractivity contribution is 0.0555. The zero-order chi connectivity index (χ0) is 15.9. The van der Waals surface area contributed by atoms with Gasteiger partial charge in [-0.05, 0) is 30.3 Å². The first-order valence-electron chi connectivity index (χ1n) is 6.53. The SMILES string of the molecule is COC(=O)c1ccc(C#Cc2ccccc2)cc1C(=O)OC. The molecule has 0 saturated carbocycles. The number of carbonyl (C=O) groups is 2. The van der Waals surface area contributed by atoms with E-state index in [2.05, 4.69) is 16.6 Å². The van der Waals surface area contributed by atoms with Crippen molar-refractivity contribution in [2.75, 3.05) is 14.2 Å². The molecule has 0 unspecified atom stereocenters. The maximum atomic E-state index is 11.8. The minimum atomic E-state index is -0.608. The van der Waals surface area contributed by atoms with Gasteiger partial charge in [-0.15, -0.1) is 0 Å². The van der Waals surface area contributed by atoms with Gasteiger partial charge >= 0.3 is 11.9 Å². The molecular weight excluding hydrogens is 280 g/mol. The number of hydrogen-bond donors (Lipinski definition) is 0. The molecule has 2 aromatic carbocycles. The first kappa shape index (κ1) is 15.3. The lowest BCUT2D eigenvalue weighted by Gasteiger charge is -2.06. The van der Waals surface area contributed by atoms with Crippen LogP contribution < -0.4 is 0 Å². The third kappa shape index (κ3) is 3.53. The van der Waals surface area contributed by atoms with E-state index in [0.29, 0.717) is 5.56 Å². The topological polar surface area (TPSA) is 52.6 Å². The minimum Gasteiger partial charge on any atom is -0.465 e. The number of ether oxygens (including phenoxy) is 2. The van der Waals surface area contributed by atoms with Crippen LogP contribution >= 0.6 is 0 Å². The zero-order valence-corrected chi connectivity index (χ0v) is 12.3. The predicted octanol–water partition coefficient (Wildman–Crippen LogP) is 2.66. The van der Waals surface area contributed by atoms with Crippen molar-refractivity contribution in [2.24, 2.45) is 0 Å². The Kier molecular flexibility index (Phi) is 4.94. The minimum absolute atomic E-state index is 0.134. The highest BCUT2D eigenvalue weighted by molar-refractivity contribution is 6.03. The van der Waals surface area contributed by atoms with Gasteiger partial charge in [0.2, 0.25) is 0 Å². The molecule has 110 valence electrons. The number of carbonyl (C=O) groups excluding carboxylic acids is 2. The molecule has 0 radical (unpaired) electrons. The van der Waals surface area contributed by atoms with Crippen molar-refractivity contribution in [1.29, 1.82) is 0 Å². The Hall–Kier alpha value is -3.06. The van der Waals surface area contributed by atoms with E-state index in [1.54, 1.807) is 6.07 Å². The van der Waals surface area contributed by atoms with E-state index in [0.717, 1.165) is 5.56 Å². The largest absolute Gasteiger partial charge is 0.465 e. The Balaban J connectivity index is 2.41. The van der Waals surface area contributed by atoms with Gasteiger partial charge in [0.25, 0.3) is 0 Å². The normalized spacial score (nSPS) is 9.36. The van der Waals surface area contributed by atoms with Crippen molar-refractivity contribution < 1.29 is 19.1 Å². The second kappa shape index (κ2) is 7.09. The maximum absolute atomic E-state index is 11.8. The highest BCUT2D eigenvalue weighted by Gasteiger charge is 2.18. The molecule has 0 aliphatic rings. The summed E-state index contributed by atoms with van der Waals surface area (Å²) in [6.45, 7) is 0. The van der Waals surface area contributed by atoms with Crippen LogP contribution in [0.5, 0.6) is 0 Å². The Bertz CT molecular complexity index is 752. The monoisotopic (exact) mass is 294 g/mol. The standard InChI is InChI=1S/C18H14O4/c1-21-17(19)15-11-10-14(12-16(15)18(20)22-2)9-8-13-6-4-3-5-7-13/h3-7,10-12H,1-2H3. The smallest absolute Gasteiger partial charge is 0.338 e. The second-order valence-corrected chi connectivity index (χ2v) is 4.36. The van der Waals surface area contributed by atoms with Crippen LogP contribution in [0, 0.1) is 11.8 Å². The molecule has 0 fully saturated rings. The van der Waals surface area contributed by atoms with E-state index in [4.69, 9.17) is 4.74 Å². The van der Waals surface area contributed by atoms with Gasteiger partial charge in [-0.1, -0.05) is 30.0 Å². The summed E-state index contributed by atoms with van der Waals surface area (Å²) in [5.74, 6) is 4.74. The summed E-state index contributed by atoms with van der Waals surface area (Å²) in [4.78, 5) is 23.5. The van der Waals surface area contributed by atoms with E-state index in [1.807, 2.05) is 30.3 Å². The van der Waals surface area contributed by atoms with Crippen LogP contribution in [0.15, 0.2) is 48.5 Å². The molecule has 4 heteroatoms. The molecule has 2 aromatic rings. The zero-order valence-electron chi connectivity index (χ0n) is 12.3. The van der Waals surface area contributed by atoms with E-state index in [-0.39, 0.29) is 11.1 Å². The summed E-state index contributed by atoms with van der Waals surface area (Å²) in [5, 5.41) is 0. The number of esters is 2. The third-order valence-electron chi connectivity index (χ3n) is 2.96. The van der Waals surface area contributed by atoms with Crippen LogP contribution in [0.3, 0.4) is 0 Å². The lowest BCUT2D eigenvalue weighted by atomic mass is 10.0. The van der Waals surface area contributed by atoms with Gasteiger partial charge < -0.3 is 9.47 Å². The highest BCUT2D eigenvalue weighted by atomic mass is 16.5. The third-order valence-corrected chi connectivity index (χ3v) is 2.96. The molecular formula is C18H14O4. The van der Waals surface area contributed by atoms with Gasteiger partial charge in [-0.3, -0.25) is 0 Å². The summed E-state index contributed by atoms with van der Waals surface area (Å²) in [6, 6.07) is 14.2. The summed E-state index contributed by atoms with van der Waals surface area (Å²) >= 11 is 0. The average molecular weight is 294 g/mol. The van der Waals surface area contributed by atoms with Gasteiger partial charge in [0.05, 0.1) is 25.3 Å². The van der Waals surface area contributed by atoms with E-state index in [9.17, 15) is 9.59 Å². The van der Waals surface area contributed by atoms with Gasteiger partial charge in [-0.25, -0.2) is 9.59 Å². The van der Waals surface area contributed by atoms with Crippen molar-refractivity contribution in [1.82, 2.24) is 0 Å². The van der Waals surface area contributed by atoms with Gasteiger partial charge in [0, 0.05) is 11.1 Å². The van der Waals surface area contributed by atoms with E-state index in [1.165, 1.54) is 26.4 Å². The molecule has 0 amide bonds. The number of methoxy groups -OCH3 is 2. The fraction of sp³-hybridized carbons (Fsp3) is 0.111. The molecule has 2 rings (SSSR count). The predicted molar refractivity (Wildman–Crippen MR) is 81.5 cm³/mol. The Morgan fingerprint density at radius 3 is 2.00 bits per heavy atom. The number of benzene rings is 2. The molecule has 22 heavy (non-hydrogen) atoms.